The van der Waals surface area contributed by atoms with Gasteiger partial charge in [0.05, 0.1) is 66.9 Å². The molecular formula is C111H71N11. The van der Waals surface area contributed by atoms with E-state index in [2.05, 4.69) is 328 Å². The molecule has 24 aromatic rings. The van der Waals surface area contributed by atoms with Crippen molar-refractivity contribution in [1.29, 1.82) is 0 Å². The van der Waals surface area contributed by atoms with Crippen LogP contribution in [0.5, 0.6) is 0 Å². The van der Waals surface area contributed by atoms with Gasteiger partial charge in [0.25, 0.3) is 0 Å². The summed E-state index contributed by atoms with van der Waals surface area (Å²) in [5, 5.41) is 12.2. The summed E-state index contributed by atoms with van der Waals surface area (Å²) in [6.45, 7) is 0. The van der Waals surface area contributed by atoms with E-state index in [0.717, 1.165) is 123 Å². The van der Waals surface area contributed by atoms with Crippen LogP contribution in [0.3, 0.4) is 0 Å². The predicted octanol–water partition coefficient (Wildman–Crippen LogP) is 27.7. The first kappa shape index (κ1) is 70.8. The van der Waals surface area contributed by atoms with Gasteiger partial charge < -0.3 is 18.3 Å². The van der Waals surface area contributed by atoms with Crippen LogP contribution in [0.1, 0.15) is 0 Å². The van der Waals surface area contributed by atoms with Crippen molar-refractivity contribution in [3.8, 4) is 125 Å². The van der Waals surface area contributed by atoms with E-state index in [1.54, 1.807) is 0 Å². The van der Waals surface area contributed by atoms with Crippen LogP contribution in [0.15, 0.2) is 431 Å². The molecule has 0 N–H and O–H groups in total. The molecule has 0 aliphatic heterocycles. The highest BCUT2D eigenvalue weighted by molar-refractivity contribution is 6.30. The molecule has 11 nitrogen and oxygen atoms in total. The van der Waals surface area contributed by atoms with Crippen molar-refractivity contribution in [2.24, 2.45) is 0 Å². The fourth-order valence-corrected chi connectivity index (χ4v) is 17.9. The Hall–Kier alpha value is -16.6. The molecule has 0 aliphatic rings. The molecule has 0 radical (unpaired) electrons. The number of nitrogens with zero attached hydrogens (tertiary/aromatic N) is 11. The molecule has 0 unspecified atom stereocenters. The second kappa shape index (κ2) is 29.8. The Kier molecular flexibility index (Phi) is 17.3. The summed E-state index contributed by atoms with van der Waals surface area (Å²) in [5.41, 5.74) is 25.9. The monoisotopic (exact) mass is 1560 g/mol. The summed E-state index contributed by atoms with van der Waals surface area (Å²) in [6, 6.07) is 151. The van der Waals surface area contributed by atoms with Gasteiger partial charge in [-0.1, -0.05) is 322 Å². The van der Waals surface area contributed by atoms with Crippen LogP contribution in [0.4, 0.5) is 0 Å². The van der Waals surface area contributed by atoms with Crippen molar-refractivity contribution in [2.75, 3.05) is 0 Å². The maximum absolute atomic E-state index is 5.18. The van der Waals surface area contributed by atoms with Gasteiger partial charge in [0, 0.05) is 116 Å². The van der Waals surface area contributed by atoms with Gasteiger partial charge in [-0.2, -0.15) is 0 Å². The maximum Gasteiger partial charge on any atom is 0.164 e. The fraction of sp³-hybridized carbons (Fsp3) is 0. The van der Waals surface area contributed by atoms with E-state index < -0.39 is 0 Å². The van der Waals surface area contributed by atoms with Crippen molar-refractivity contribution in [3.05, 3.63) is 431 Å². The first-order valence-electron chi connectivity index (χ1n) is 41.1. The average Bonchev–Trinajstić information content (AvgIpc) is 1.55. The number of hydrogen-bond acceptors (Lipinski definition) is 7. The van der Waals surface area contributed by atoms with E-state index in [0.29, 0.717) is 29.1 Å². The Labute approximate surface area is 702 Å². The van der Waals surface area contributed by atoms with Crippen LogP contribution < -0.4 is 0 Å². The SMILES string of the molecule is c1ccc(-c2cc(-c3cccc(-n4c5ccccc5c5c6c7ccccc7n(-c7ccc8ccccc8c7)c6ccc54)c3)nc(-c3ccccc3)n2)cc1.c1ccc(-c2cc(-c3cccc(-n4c5ccccc5c5c6c7ccccc7n(-c7cccc(-c8nc(-c9ccccc9)nc(-c9ccccc9)n8)c7)c6ccc54)c3)nc(-c3ccccc3)n2)cc1. The Balaban J connectivity index is 0.000000145. The molecular weight excluding hydrogens is 1490 g/mol. The molecule has 0 aliphatic carbocycles. The lowest BCUT2D eigenvalue weighted by Crippen LogP contribution is -2.01. The third kappa shape index (κ3) is 12.4. The van der Waals surface area contributed by atoms with E-state index in [4.69, 9.17) is 34.9 Å². The van der Waals surface area contributed by atoms with Crippen molar-refractivity contribution in [3.63, 3.8) is 0 Å². The predicted molar refractivity (Wildman–Crippen MR) is 501 cm³/mol. The lowest BCUT2D eigenvalue weighted by atomic mass is 10.1. The highest BCUT2D eigenvalue weighted by Crippen LogP contribution is 2.46. The minimum Gasteiger partial charge on any atom is -0.309 e. The van der Waals surface area contributed by atoms with Gasteiger partial charge in [-0.25, -0.2) is 34.9 Å². The summed E-state index contributed by atoms with van der Waals surface area (Å²) in [4.78, 5) is 35.5. The topological polar surface area (TPSA) is 110 Å². The third-order valence-corrected chi connectivity index (χ3v) is 23.5. The number of para-hydroxylation sites is 4. The zero-order chi connectivity index (χ0) is 80.6. The van der Waals surface area contributed by atoms with Gasteiger partial charge in [-0.05, 0) is 120 Å². The molecule has 0 bridgehead atoms. The van der Waals surface area contributed by atoms with Gasteiger partial charge in [-0.15, -0.1) is 0 Å². The van der Waals surface area contributed by atoms with E-state index in [1.807, 2.05) is 121 Å². The van der Waals surface area contributed by atoms with Crippen molar-refractivity contribution < 1.29 is 0 Å². The number of aromatic nitrogens is 11. The molecule has 0 spiro atoms. The minimum atomic E-state index is 0.613. The van der Waals surface area contributed by atoms with E-state index in [1.165, 1.54) is 70.4 Å². The van der Waals surface area contributed by atoms with Gasteiger partial charge in [-0.3, -0.25) is 0 Å². The Bertz CT molecular complexity index is 7740. The number of hydrogen-bond donors (Lipinski definition) is 0. The number of benzene rings is 17. The Morgan fingerprint density at radius 3 is 0.730 bits per heavy atom. The molecule has 11 heteroatoms. The van der Waals surface area contributed by atoms with Crippen LogP contribution in [-0.4, -0.2) is 53.2 Å². The summed E-state index contributed by atoms with van der Waals surface area (Å²) < 4.78 is 9.61. The summed E-state index contributed by atoms with van der Waals surface area (Å²) in [5.74, 6) is 3.27. The Morgan fingerprint density at radius 2 is 0.385 bits per heavy atom. The van der Waals surface area contributed by atoms with Crippen molar-refractivity contribution in [2.45, 2.75) is 0 Å². The molecule has 0 amide bonds. The van der Waals surface area contributed by atoms with Gasteiger partial charge in [0.1, 0.15) is 0 Å². The number of fused-ring (bicyclic) bond motifs is 15. The van der Waals surface area contributed by atoms with E-state index in [-0.39, 0.29) is 0 Å². The van der Waals surface area contributed by atoms with Gasteiger partial charge in [0.2, 0.25) is 0 Å². The fourth-order valence-electron chi connectivity index (χ4n) is 17.9. The van der Waals surface area contributed by atoms with Crippen molar-refractivity contribution >= 4 is 98.0 Å². The summed E-state index contributed by atoms with van der Waals surface area (Å²) in [7, 11) is 0. The van der Waals surface area contributed by atoms with Crippen LogP contribution in [0, 0.1) is 0 Å². The lowest BCUT2D eigenvalue weighted by Gasteiger charge is -2.13. The van der Waals surface area contributed by atoms with Crippen LogP contribution in [0.2, 0.25) is 0 Å². The smallest absolute Gasteiger partial charge is 0.164 e. The largest absolute Gasteiger partial charge is 0.309 e. The second-order valence-electron chi connectivity index (χ2n) is 30.7. The van der Waals surface area contributed by atoms with Gasteiger partial charge >= 0.3 is 0 Å². The second-order valence-corrected chi connectivity index (χ2v) is 30.7. The Morgan fingerprint density at radius 1 is 0.139 bits per heavy atom. The zero-order valence-corrected chi connectivity index (χ0v) is 65.9. The van der Waals surface area contributed by atoms with Crippen LogP contribution in [0.25, 0.3) is 223 Å². The van der Waals surface area contributed by atoms with E-state index >= 15 is 0 Å². The molecule has 0 atom stereocenters. The standard InChI is InChI=1S/C61H39N7.C50H32N4/c1-5-19-40(20-6-1)50-39-51(63-58(62-50)41-21-7-2-8-22-41)44-27-17-29-46(37-44)67-52-33-15-13-31-48(52)56-54(67)35-36-55-57(56)49-32-14-16-34-53(49)68(55)47-30-18-28-45(38-47)61-65-59(42-23-9-3-10-24-42)64-60(66-61)43-25-11-4-12-26-43;1-3-15-34(16-4-1)42-32-43(52-50(51-42)35-17-5-2-6-18-35)37-20-13-21-38(31-37)53-44-24-11-9-22-40(44)48-46(53)28-29-47-49(48)41-23-10-12-25-45(41)54(47)39-27-26-33-14-7-8-19-36(33)30-39/h1-39H;1-32H. The molecule has 122 heavy (non-hydrogen) atoms. The summed E-state index contributed by atoms with van der Waals surface area (Å²) in [6.07, 6.45) is 0. The van der Waals surface area contributed by atoms with Gasteiger partial charge in [0.15, 0.2) is 29.1 Å². The third-order valence-electron chi connectivity index (χ3n) is 23.5. The molecule has 24 rings (SSSR count). The minimum absolute atomic E-state index is 0.613. The maximum atomic E-state index is 5.18. The van der Waals surface area contributed by atoms with Crippen molar-refractivity contribution in [1.82, 2.24) is 53.2 Å². The first-order valence-corrected chi connectivity index (χ1v) is 41.1. The zero-order valence-electron chi connectivity index (χ0n) is 65.9. The van der Waals surface area contributed by atoms with Crippen LogP contribution in [-0.2, 0) is 0 Å². The molecule has 7 aromatic heterocycles. The average molecular weight is 1560 g/mol. The lowest BCUT2D eigenvalue weighted by molar-refractivity contribution is 1.07. The molecule has 570 valence electrons. The van der Waals surface area contributed by atoms with Crippen LogP contribution >= 0.6 is 0 Å². The highest BCUT2D eigenvalue weighted by Gasteiger charge is 2.26. The normalized spacial score (nSPS) is 11.6. The molecule has 7 heterocycles. The highest BCUT2D eigenvalue weighted by atomic mass is 15.1. The first-order chi connectivity index (χ1) is 60.5. The molecule has 0 saturated carbocycles. The molecule has 0 saturated heterocycles. The number of rotatable bonds is 13. The molecule has 17 aromatic carbocycles. The molecule has 0 fully saturated rings. The quantitative estimate of drug-likeness (QED) is 0.113. The van der Waals surface area contributed by atoms with E-state index in [9.17, 15) is 0 Å². The summed E-state index contributed by atoms with van der Waals surface area (Å²) >= 11 is 0.